The molecule has 1 aromatic carbocycles. The zero-order valence-electron chi connectivity index (χ0n) is 11.1. The fourth-order valence-electron chi connectivity index (χ4n) is 1.72. The number of hydrogen-bond donors (Lipinski definition) is 1. The Labute approximate surface area is 118 Å². The topological polar surface area (TPSA) is 34.1 Å². The van der Waals surface area contributed by atoms with Gasteiger partial charge in [-0.25, -0.2) is 0 Å². The Balaban J connectivity index is 1.98. The van der Waals surface area contributed by atoms with E-state index in [0.717, 1.165) is 23.4 Å². The van der Waals surface area contributed by atoms with Crippen molar-refractivity contribution in [2.45, 2.75) is 20.1 Å². The predicted octanol–water partition coefficient (Wildman–Crippen LogP) is 3.34. The standard InChI is InChI=1S/C15H17ClN2O/c1-11-3-6-15(14(16)7-11)19-10-13-5-4-12(8-17-2)9-18-13/h3-7,9,17H,8,10H2,1-2H3. The molecule has 0 radical (unpaired) electrons. The Hall–Kier alpha value is -1.58. The lowest BCUT2D eigenvalue weighted by molar-refractivity contribution is 0.301. The average Bonchev–Trinajstić information content (AvgIpc) is 2.40. The van der Waals surface area contributed by atoms with Crippen molar-refractivity contribution in [3.8, 4) is 5.75 Å². The summed E-state index contributed by atoms with van der Waals surface area (Å²) in [5.41, 5.74) is 3.16. The zero-order valence-corrected chi connectivity index (χ0v) is 11.9. The number of nitrogens with one attached hydrogen (secondary N) is 1. The molecular weight excluding hydrogens is 260 g/mol. The van der Waals surface area contributed by atoms with E-state index in [-0.39, 0.29) is 0 Å². The van der Waals surface area contributed by atoms with Crippen molar-refractivity contribution in [1.29, 1.82) is 0 Å². The lowest BCUT2D eigenvalue weighted by Crippen LogP contribution is -2.06. The van der Waals surface area contributed by atoms with Gasteiger partial charge in [-0.05, 0) is 43.3 Å². The molecule has 2 aromatic rings. The molecule has 19 heavy (non-hydrogen) atoms. The molecule has 0 saturated carbocycles. The Morgan fingerprint density at radius 1 is 1.26 bits per heavy atom. The van der Waals surface area contributed by atoms with Crippen LogP contribution in [-0.4, -0.2) is 12.0 Å². The van der Waals surface area contributed by atoms with Crippen LogP contribution in [0.15, 0.2) is 36.5 Å². The third-order valence-electron chi connectivity index (χ3n) is 2.73. The highest BCUT2D eigenvalue weighted by Crippen LogP contribution is 2.25. The molecule has 1 heterocycles. The summed E-state index contributed by atoms with van der Waals surface area (Å²) in [6.45, 7) is 3.23. The second-order valence-corrected chi connectivity index (χ2v) is 4.82. The maximum atomic E-state index is 6.11. The molecule has 0 spiro atoms. The monoisotopic (exact) mass is 276 g/mol. The number of pyridine rings is 1. The van der Waals surface area contributed by atoms with E-state index >= 15 is 0 Å². The number of ether oxygens (including phenoxy) is 1. The lowest BCUT2D eigenvalue weighted by Gasteiger charge is -2.08. The summed E-state index contributed by atoms with van der Waals surface area (Å²) < 4.78 is 5.67. The molecular formula is C15H17ClN2O. The summed E-state index contributed by atoms with van der Waals surface area (Å²) >= 11 is 6.11. The molecule has 0 aliphatic carbocycles. The first-order valence-corrected chi connectivity index (χ1v) is 6.54. The van der Waals surface area contributed by atoms with Crippen LogP contribution in [0.25, 0.3) is 0 Å². The third-order valence-corrected chi connectivity index (χ3v) is 3.03. The van der Waals surface area contributed by atoms with Gasteiger partial charge in [0, 0.05) is 12.7 Å². The lowest BCUT2D eigenvalue weighted by atomic mass is 10.2. The molecule has 0 unspecified atom stereocenters. The molecule has 0 atom stereocenters. The highest BCUT2D eigenvalue weighted by molar-refractivity contribution is 6.32. The minimum absolute atomic E-state index is 0.419. The molecule has 4 heteroatoms. The van der Waals surface area contributed by atoms with E-state index in [9.17, 15) is 0 Å². The summed E-state index contributed by atoms with van der Waals surface area (Å²) in [6.07, 6.45) is 1.85. The molecule has 3 nitrogen and oxygen atoms in total. The van der Waals surface area contributed by atoms with Gasteiger partial charge in [0.25, 0.3) is 0 Å². The number of aryl methyl sites for hydroxylation is 1. The van der Waals surface area contributed by atoms with Gasteiger partial charge in [-0.3, -0.25) is 4.98 Å². The normalized spacial score (nSPS) is 10.5. The fraction of sp³-hybridized carbons (Fsp3) is 0.267. The first kappa shape index (κ1) is 13.8. The van der Waals surface area contributed by atoms with Gasteiger partial charge >= 0.3 is 0 Å². The smallest absolute Gasteiger partial charge is 0.138 e. The van der Waals surface area contributed by atoms with Crippen LogP contribution in [0.5, 0.6) is 5.75 Å². The van der Waals surface area contributed by atoms with E-state index in [2.05, 4.69) is 10.3 Å². The molecule has 0 fully saturated rings. The van der Waals surface area contributed by atoms with Gasteiger partial charge < -0.3 is 10.1 Å². The largest absolute Gasteiger partial charge is 0.486 e. The van der Waals surface area contributed by atoms with Crippen molar-refractivity contribution in [2.24, 2.45) is 0 Å². The van der Waals surface area contributed by atoms with Crippen LogP contribution in [0.1, 0.15) is 16.8 Å². The predicted molar refractivity (Wildman–Crippen MR) is 77.5 cm³/mol. The molecule has 1 N–H and O–H groups in total. The maximum Gasteiger partial charge on any atom is 0.138 e. The Bertz CT molecular complexity index is 540. The Morgan fingerprint density at radius 3 is 2.74 bits per heavy atom. The van der Waals surface area contributed by atoms with Crippen LogP contribution in [0.3, 0.4) is 0 Å². The van der Waals surface area contributed by atoms with E-state index in [4.69, 9.17) is 16.3 Å². The molecule has 1 aromatic heterocycles. The van der Waals surface area contributed by atoms with E-state index in [1.807, 2.05) is 50.5 Å². The van der Waals surface area contributed by atoms with Crippen molar-refractivity contribution in [3.63, 3.8) is 0 Å². The number of rotatable bonds is 5. The Morgan fingerprint density at radius 2 is 2.11 bits per heavy atom. The molecule has 0 aliphatic rings. The van der Waals surface area contributed by atoms with E-state index < -0.39 is 0 Å². The maximum absolute atomic E-state index is 6.11. The van der Waals surface area contributed by atoms with Gasteiger partial charge in [0.2, 0.25) is 0 Å². The molecule has 2 rings (SSSR count). The third kappa shape index (κ3) is 3.94. The second-order valence-electron chi connectivity index (χ2n) is 4.41. The minimum Gasteiger partial charge on any atom is -0.486 e. The molecule has 0 aliphatic heterocycles. The average molecular weight is 277 g/mol. The van der Waals surface area contributed by atoms with Crippen molar-refractivity contribution in [3.05, 3.63) is 58.4 Å². The minimum atomic E-state index is 0.419. The SMILES string of the molecule is CNCc1ccc(COc2ccc(C)cc2Cl)nc1. The van der Waals surface area contributed by atoms with Gasteiger partial charge in [-0.2, -0.15) is 0 Å². The van der Waals surface area contributed by atoms with Crippen molar-refractivity contribution in [2.75, 3.05) is 7.05 Å². The molecule has 0 saturated heterocycles. The number of nitrogens with zero attached hydrogens (tertiary/aromatic N) is 1. The van der Waals surface area contributed by atoms with E-state index in [1.165, 1.54) is 0 Å². The quantitative estimate of drug-likeness (QED) is 0.909. The second kappa shape index (κ2) is 6.55. The zero-order chi connectivity index (χ0) is 13.7. The Kier molecular flexibility index (Phi) is 4.77. The van der Waals surface area contributed by atoms with Crippen LogP contribution >= 0.6 is 11.6 Å². The first-order valence-electron chi connectivity index (χ1n) is 6.16. The summed E-state index contributed by atoms with van der Waals surface area (Å²) in [4.78, 5) is 4.35. The summed E-state index contributed by atoms with van der Waals surface area (Å²) in [6, 6.07) is 9.76. The number of hydrogen-bond acceptors (Lipinski definition) is 3. The molecule has 0 amide bonds. The van der Waals surface area contributed by atoms with Gasteiger partial charge in [0.15, 0.2) is 0 Å². The van der Waals surface area contributed by atoms with Gasteiger partial charge in [-0.1, -0.05) is 23.7 Å². The molecule has 0 bridgehead atoms. The van der Waals surface area contributed by atoms with Crippen molar-refractivity contribution >= 4 is 11.6 Å². The van der Waals surface area contributed by atoms with Gasteiger partial charge in [0.05, 0.1) is 10.7 Å². The summed E-state index contributed by atoms with van der Waals surface area (Å²) in [7, 11) is 1.91. The number of benzene rings is 1. The van der Waals surface area contributed by atoms with Crippen LogP contribution in [0.2, 0.25) is 5.02 Å². The van der Waals surface area contributed by atoms with Crippen molar-refractivity contribution < 1.29 is 4.74 Å². The van der Waals surface area contributed by atoms with Crippen molar-refractivity contribution in [1.82, 2.24) is 10.3 Å². The summed E-state index contributed by atoms with van der Waals surface area (Å²) in [5, 5.41) is 3.72. The summed E-state index contributed by atoms with van der Waals surface area (Å²) in [5.74, 6) is 0.688. The van der Waals surface area contributed by atoms with Crippen LogP contribution < -0.4 is 10.1 Å². The van der Waals surface area contributed by atoms with E-state index in [1.54, 1.807) is 0 Å². The number of aromatic nitrogens is 1. The van der Waals surface area contributed by atoms with Gasteiger partial charge in [0.1, 0.15) is 12.4 Å². The first-order chi connectivity index (χ1) is 9.19. The van der Waals surface area contributed by atoms with Crippen LogP contribution in [-0.2, 0) is 13.2 Å². The highest BCUT2D eigenvalue weighted by atomic mass is 35.5. The highest BCUT2D eigenvalue weighted by Gasteiger charge is 2.03. The number of halogens is 1. The molecule has 100 valence electrons. The van der Waals surface area contributed by atoms with Crippen LogP contribution in [0, 0.1) is 6.92 Å². The fourth-order valence-corrected chi connectivity index (χ4v) is 2.01. The van der Waals surface area contributed by atoms with E-state index in [0.29, 0.717) is 17.4 Å². The van der Waals surface area contributed by atoms with Crippen LogP contribution in [0.4, 0.5) is 0 Å². The van der Waals surface area contributed by atoms with Gasteiger partial charge in [-0.15, -0.1) is 0 Å².